The third-order valence-corrected chi connectivity index (χ3v) is 2.43. The summed E-state index contributed by atoms with van der Waals surface area (Å²) in [6.07, 6.45) is -0.311. The first-order valence-electron chi connectivity index (χ1n) is 3.95. The number of hydrogen-bond donors (Lipinski definition) is 0. The predicted octanol–water partition coefficient (Wildman–Crippen LogP) is 2.36. The van der Waals surface area contributed by atoms with E-state index in [1.807, 2.05) is 24.4 Å². The maximum absolute atomic E-state index is 11.5. The lowest BCUT2D eigenvalue weighted by Gasteiger charge is -2.07. The Morgan fingerprint density at radius 3 is 3.00 bits per heavy atom. The number of carbonyl (C=O) groups excluding carboxylic acids is 1. The van der Waals surface area contributed by atoms with Crippen molar-refractivity contribution < 1.29 is 9.53 Å². The van der Waals surface area contributed by atoms with Crippen LogP contribution in [-0.2, 0) is 4.74 Å². The lowest BCUT2D eigenvalue weighted by atomic mass is 10.2. The molecule has 0 aliphatic rings. The monoisotopic (exact) mass is 184 g/mol. The molecule has 0 aliphatic carbocycles. The van der Waals surface area contributed by atoms with Crippen LogP contribution in [0.25, 0.3) is 0 Å². The van der Waals surface area contributed by atoms with Crippen molar-refractivity contribution >= 4 is 17.1 Å². The van der Waals surface area contributed by atoms with Gasteiger partial charge < -0.3 is 4.74 Å². The van der Waals surface area contributed by atoms with Crippen molar-refractivity contribution in [1.82, 2.24) is 0 Å². The van der Waals surface area contributed by atoms with Gasteiger partial charge in [0.15, 0.2) is 0 Å². The molecule has 0 amide bonds. The van der Waals surface area contributed by atoms with Gasteiger partial charge in [0.05, 0.1) is 4.88 Å². The molecule has 1 atom stereocenters. The molecule has 0 spiro atoms. The summed E-state index contributed by atoms with van der Waals surface area (Å²) in [5.41, 5.74) is 0. The van der Waals surface area contributed by atoms with Gasteiger partial charge >= 0.3 is 0 Å². The molecule has 12 heavy (non-hydrogen) atoms. The second-order valence-corrected chi connectivity index (χ2v) is 3.39. The molecular weight excluding hydrogens is 172 g/mol. The largest absolute Gasteiger partial charge is 0.371 e. The van der Waals surface area contributed by atoms with Crippen molar-refractivity contribution in [1.29, 1.82) is 0 Å². The number of ketones is 1. The zero-order chi connectivity index (χ0) is 8.97. The molecule has 0 bridgehead atoms. The Morgan fingerprint density at radius 1 is 1.75 bits per heavy atom. The van der Waals surface area contributed by atoms with E-state index in [1.165, 1.54) is 11.3 Å². The Bertz CT molecular complexity index is 241. The van der Waals surface area contributed by atoms with E-state index in [4.69, 9.17) is 4.74 Å². The Kier molecular flexibility index (Phi) is 3.44. The minimum absolute atomic E-state index is 0.0758. The van der Waals surface area contributed by atoms with E-state index >= 15 is 0 Å². The average molecular weight is 184 g/mol. The van der Waals surface area contributed by atoms with Crippen molar-refractivity contribution in [2.75, 3.05) is 6.61 Å². The molecule has 2 nitrogen and oxygen atoms in total. The van der Waals surface area contributed by atoms with Crippen LogP contribution in [-0.4, -0.2) is 18.5 Å². The lowest BCUT2D eigenvalue weighted by molar-refractivity contribution is 0.0524. The van der Waals surface area contributed by atoms with Crippen LogP contribution in [0.2, 0.25) is 0 Å². The van der Waals surface area contributed by atoms with Crippen LogP contribution in [0.4, 0.5) is 0 Å². The predicted molar refractivity (Wildman–Crippen MR) is 49.7 cm³/mol. The van der Waals surface area contributed by atoms with Gasteiger partial charge in [-0.2, -0.15) is 0 Å². The zero-order valence-corrected chi connectivity index (χ0v) is 8.06. The lowest BCUT2D eigenvalue weighted by Crippen LogP contribution is -2.19. The number of hydrogen-bond acceptors (Lipinski definition) is 3. The molecule has 0 saturated carbocycles. The molecule has 0 aliphatic heterocycles. The molecule has 3 heteroatoms. The Morgan fingerprint density at radius 2 is 2.50 bits per heavy atom. The fourth-order valence-electron chi connectivity index (χ4n) is 0.945. The topological polar surface area (TPSA) is 26.3 Å². The molecule has 0 aromatic carbocycles. The average Bonchev–Trinajstić information content (AvgIpc) is 2.55. The van der Waals surface area contributed by atoms with Gasteiger partial charge in [0.25, 0.3) is 0 Å². The van der Waals surface area contributed by atoms with E-state index in [0.29, 0.717) is 6.61 Å². The van der Waals surface area contributed by atoms with Crippen LogP contribution in [0.5, 0.6) is 0 Å². The zero-order valence-electron chi connectivity index (χ0n) is 7.24. The van der Waals surface area contributed by atoms with Gasteiger partial charge in [-0.05, 0) is 25.3 Å². The standard InChI is InChI=1S/C9H12O2S/c1-3-11-7(2)9(10)8-5-4-6-12-8/h4-7H,3H2,1-2H3. The van der Waals surface area contributed by atoms with Gasteiger partial charge in [-0.3, -0.25) is 4.79 Å². The van der Waals surface area contributed by atoms with Crippen LogP contribution < -0.4 is 0 Å². The van der Waals surface area contributed by atoms with Gasteiger partial charge in [0.1, 0.15) is 6.10 Å². The highest BCUT2D eigenvalue weighted by Crippen LogP contribution is 2.12. The second-order valence-electron chi connectivity index (χ2n) is 2.44. The van der Waals surface area contributed by atoms with E-state index in [9.17, 15) is 4.79 Å². The fraction of sp³-hybridized carbons (Fsp3) is 0.444. The van der Waals surface area contributed by atoms with Crippen molar-refractivity contribution in [2.45, 2.75) is 20.0 Å². The van der Waals surface area contributed by atoms with Crippen molar-refractivity contribution in [3.8, 4) is 0 Å². The second kappa shape index (κ2) is 4.38. The summed E-state index contributed by atoms with van der Waals surface area (Å²) in [7, 11) is 0. The van der Waals surface area contributed by atoms with E-state index in [-0.39, 0.29) is 11.9 Å². The molecule has 1 aromatic heterocycles. The number of rotatable bonds is 4. The molecule has 0 saturated heterocycles. The maximum Gasteiger partial charge on any atom is 0.201 e. The number of carbonyl (C=O) groups is 1. The van der Waals surface area contributed by atoms with Crippen molar-refractivity contribution in [3.63, 3.8) is 0 Å². The molecule has 66 valence electrons. The van der Waals surface area contributed by atoms with Crippen LogP contribution >= 0.6 is 11.3 Å². The summed E-state index contributed by atoms with van der Waals surface area (Å²) in [6.45, 7) is 4.25. The van der Waals surface area contributed by atoms with Crippen molar-refractivity contribution in [2.24, 2.45) is 0 Å². The molecule has 1 heterocycles. The number of thiophene rings is 1. The molecule has 1 unspecified atom stereocenters. The summed E-state index contributed by atoms with van der Waals surface area (Å²) in [4.78, 5) is 12.3. The maximum atomic E-state index is 11.5. The first-order valence-corrected chi connectivity index (χ1v) is 4.83. The summed E-state index contributed by atoms with van der Waals surface area (Å²) >= 11 is 1.46. The van der Waals surface area contributed by atoms with E-state index < -0.39 is 0 Å². The smallest absolute Gasteiger partial charge is 0.201 e. The summed E-state index contributed by atoms with van der Waals surface area (Å²) in [6, 6.07) is 3.69. The van der Waals surface area contributed by atoms with E-state index in [0.717, 1.165) is 4.88 Å². The molecular formula is C9H12O2S. The van der Waals surface area contributed by atoms with Gasteiger partial charge in [-0.15, -0.1) is 11.3 Å². The highest BCUT2D eigenvalue weighted by Gasteiger charge is 2.15. The first-order chi connectivity index (χ1) is 5.75. The third-order valence-electron chi connectivity index (χ3n) is 1.55. The summed E-state index contributed by atoms with van der Waals surface area (Å²) in [5.74, 6) is 0.0758. The van der Waals surface area contributed by atoms with Gasteiger partial charge in [-0.25, -0.2) is 0 Å². The highest BCUT2D eigenvalue weighted by molar-refractivity contribution is 7.12. The Hall–Kier alpha value is -0.670. The third kappa shape index (κ3) is 2.16. The summed E-state index contributed by atoms with van der Waals surface area (Å²) < 4.78 is 5.18. The molecule has 1 aromatic rings. The molecule has 1 rings (SSSR count). The van der Waals surface area contributed by atoms with Crippen LogP contribution in [0, 0.1) is 0 Å². The van der Waals surface area contributed by atoms with Crippen LogP contribution in [0.15, 0.2) is 17.5 Å². The van der Waals surface area contributed by atoms with E-state index in [2.05, 4.69) is 0 Å². The number of Topliss-reactive ketones (excluding diaryl/α,β-unsaturated/α-hetero) is 1. The van der Waals surface area contributed by atoms with Crippen LogP contribution in [0.3, 0.4) is 0 Å². The minimum Gasteiger partial charge on any atom is -0.371 e. The first kappa shape index (κ1) is 9.42. The highest BCUT2D eigenvalue weighted by atomic mass is 32.1. The normalized spacial score (nSPS) is 12.8. The van der Waals surface area contributed by atoms with Crippen LogP contribution in [0.1, 0.15) is 23.5 Å². The van der Waals surface area contributed by atoms with Gasteiger partial charge in [-0.1, -0.05) is 6.07 Å². The minimum atomic E-state index is -0.311. The number of ether oxygens (including phenoxy) is 1. The Balaban J connectivity index is 2.59. The molecule has 0 radical (unpaired) electrons. The molecule has 0 fully saturated rings. The van der Waals surface area contributed by atoms with Gasteiger partial charge in [0, 0.05) is 6.61 Å². The van der Waals surface area contributed by atoms with Crippen molar-refractivity contribution in [3.05, 3.63) is 22.4 Å². The van der Waals surface area contributed by atoms with Gasteiger partial charge in [0.2, 0.25) is 5.78 Å². The summed E-state index contributed by atoms with van der Waals surface area (Å²) in [5, 5.41) is 1.89. The Labute approximate surface area is 76.2 Å². The molecule has 0 N–H and O–H groups in total. The fourth-order valence-corrected chi connectivity index (χ4v) is 1.69. The van der Waals surface area contributed by atoms with E-state index in [1.54, 1.807) is 6.92 Å². The SMILES string of the molecule is CCOC(C)C(=O)c1cccs1. The quantitative estimate of drug-likeness (QED) is 0.671.